The van der Waals surface area contributed by atoms with E-state index in [0.29, 0.717) is 25.3 Å². The van der Waals surface area contributed by atoms with Gasteiger partial charge in [0.05, 0.1) is 12.6 Å². The lowest BCUT2D eigenvalue weighted by atomic mass is 10.0. The Hall–Kier alpha value is -2.28. The van der Waals surface area contributed by atoms with Crippen molar-refractivity contribution in [2.45, 2.75) is 19.0 Å². The predicted octanol–water partition coefficient (Wildman–Crippen LogP) is -0.257. The predicted molar refractivity (Wildman–Crippen MR) is 71.5 cm³/mol. The van der Waals surface area contributed by atoms with E-state index >= 15 is 0 Å². The molecule has 0 unspecified atom stereocenters. The van der Waals surface area contributed by atoms with E-state index in [1.54, 1.807) is 4.90 Å². The van der Waals surface area contributed by atoms with Gasteiger partial charge in [-0.05, 0) is 12.0 Å². The van der Waals surface area contributed by atoms with Crippen LogP contribution < -0.4 is 5.32 Å². The zero-order chi connectivity index (χ0) is 13.8. The average molecular weight is 272 g/mol. The highest BCUT2D eigenvalue weighted by Crippen LogP contribution is 2.10. The van der Waals surface area contributed by atoms with Gasteiger partial charge in [-0.1, -0.05) is 35.5 Å². The van der Waals surface area contributed by atoms with Crippen LogP contribution in [0.2, 0.25) is 0 Å². The lowest BCUT2D eigenvalue weighted by Crippen LogP contribution is -2.55. The van der Waals surface area contributed by atoms with Gasteiger partial charge in [0, 0.05) is 13.1 Å². The van der Waals surface area contributed by atoms with Crippen molar-refractivity contribution in [3.63, 3.8) is 0 Å². The summed E-state index contributed by atoms with van der Waals surface area (Å²) >= 11 is 0. The van der Waals surface area contributed by atoms with Crippen LogP contribution >= 0.6 is 0 Å². The molecule has 20 heavy (non-hydrogen) atoms. The Morgan fingerprint density at radius 1 is 1.30 bits per heavy atom. The number of aromatic amines is 1. The summed E-state index contributed by atoms with van der Waals surface area (Å²) in [4.78, 5) is 14.2. The first-order valence-electron chi connectivity index (χ1n) is 6.61. The molecule has 1 aromatic carbocycles. The fourth-order valence-corrected chi connectivity index (χ4v) is 2.38. The van der Waals surface area contributed by atoms with Crippen molar-refractivity contribution in [3.8, 4) is 0 Å². The summed E-state index contributed by atoms with van der Waals surface area (Å²) in [6.45, 7) is 1.85. The Kier molecular flexibility index (Phi) is 3.69. The summed E-state index contributed by atoms with van der Waals surface area (Å²) in [5.74, 6) is 0.628. The molecule has 0 aliphatic carbocycles. The van der Waals surface area contributed by atoms with Crippen molar-refractivity contribution in [1.29, 1.82) is 0 Å². The molecule has 0 saturated carbocycles. The highest BCUT2D eigenvalue weighted by Gasteiger charge is 2.28. The van der Waals surface area contributed by atoms with Gasteiger partial charge in [0.25, 0.3) is 0 Å². The first kappa shape index (κ1) is 12.7. The summed E-state index contributed by atoms with van der Waals surface area (Å²) in [7, 11) is 0. The molecule has 0 bridgehead atoms. The molecular formula is C13H16N6O. The molecule has 1 atom stereocenters. The molecule has 0 radical (unpaired) electrons. The number of hydrogen-bond acceptors (Lipinski definition) is 5. The summed E-state index contributed by atoms with van der Waals surface area (Å²) in [5.41, 5.74) is 1.15. The van der Waals surface area contributed by atoms with Crippen LogP contribution in [0.3, 0.4) is 0 Å². The molecule has 104 valence electrons. The van der Waals surface area contributed by atoms with Crippen LogP contribution in [0.15, 0.2) is 30.3 Å². The first-order chi connectivity index (χ1) is 9.83. The second-order valence-corrected chi connectivity index (χ2v) is 4.78. The summed E-state index contributed by atoms with van der Waals surface area (Å²) in [6.07, 6.45) is 0.697. The minimum absolute atomic E-state index is 0.0879. The van der Waals surface area contributed by atoms with Crippen molar-refractivity contribution in [2.75, 3.05) is 13.1 Å². The quantitative estimate of drug-likeness (QED) is 0.801. The van der Waals surface area contributed by atoms with E-state index in [1.165, 1.54) is 0 Å². The van der Waals surface area contributed by atoms with Gasteiger partial charge in [-0.3, -0.25) is 4.79 Å². The van der Waals surface area contributed by atoms with E-state index in [-0.39, 0.29) is 11.9 Å². The number of H-pyrrole nitrogens is 1. The van der Waals surface area contributed by atoms with Crippen LogP contribution in [0.25, 0.3) is 0 Å². The number of nitrogens with one attached hydrogen (secondary N) is 2. The lowest BCUT2D eigenvalue weighted by molar-refractivity contribution is -0.136. The number of benzene rings is 1. The molecule has 1 saturated heterocycles. The summed E-state index contributed by atoms with van der Waals surface area (Å²) in [6, 6.07) is 9.83. The average Bonchev–Trinajstić information content (AvgIpc) is 2.97. The maximum atomic E-state index is 12.4. The Morgan fingerprint density at radius 2 is 2.15 bits per heavy atom. The minimum Gasteiger partial charge on any atom is -0.332 e. The van der Waals surface area contributed by atoms with Crippen molar-refractivity contribution in [2.24, 2.45) is 0 Å². The fourth-order valence-electron chi connectivity index (χ4n) is 2.38. The van der Waals surface area contributed by atoms with Gasteiger partial charge in [0.1, 0.15) is 0 Å². The van der Waals surface area contributed by atoms with Crippen LogP contribution in [-0.2, 0) is 17.8 Å². The van der Waals surface area contributed by atoms with Gasteiger partial charge in [-0.15, -0.1) is 10.2 Å². The van der Waals surface area contributed by atoms with Gasteiger partial charge in [-0.25, -0.2) is 0 Å². The van der Waals surface area contributed by atoms with Crippen molar-refractivity contribution in [1.82, 2.24) is 30.8 Å². The molecule has 7 heteroatoms. The van der Waals surface area contributed by atoms with Crippen molar-refractivity contribution in [3.05, 3.63) is 41.7 Å². The van der Waals surface area contributed by atoms with Gasteiger partial charge >= 0.3 is 0 Å². The molecule has 2 N–H and O–H groups in total. The normalized spacial score (nSPS) is 19.3. The van der Waals surface area contributed by atoms with E-state index in [4.69, 9.17) is 0 Å². The number of rotatable bonds is 4. The maximum Gasteiger partial charge on any atom is 0.240 e. The first-order valence-corrected chi connectivity index (χ1v) is 6.61. The SMILES string of the molecule is O=C1[C@H](Cc2ccccc2)NCCN1Cc1nn[nH]n1. The third-order valence-corrected chi connectivity index (χ3v) is 3.39. The fraction of sp³-hybridized carbons (Fsp3) is 0.385. The maximum absolute atomic E-state index is 12.4. The van der Waals surface area contributed by atoms with Crippen LogP contribution in [0.1, 0.15) is 11.4 Å². The van der Waals surface area contributed by atoms with Gasteiger partial charge < -0.3 is 10.2 Å². The number of aromatic nitrogens is 4. The number of nitrogens with zero attached hydrogens (tertiary/aromatic N) is 4. The number of piperazine rings is 1. The van der Waals surface area contributed by atoms with E-state index in [0.717, 1.165) is 12.1 Å². The number of tetrazole rings is 1. The molecule has 1 aliphatic rings. The van der Waals surface area contributed by atoms with Gasteiger partial charge in [-0.2, -0.15) is 5.21 Å². The van der Waals surface area contributed by atoms with Crippen LogP contribution in [0.4, 0.5) is 0 Å². The number of hydrogen-bond donors (Lipinski definition) is 2. The second-order valence-electron chi connectivity index (χ2n) is 4.78. The molecule has 3 rings (SSSR count). The summed E-state index contributed by atoms with van der Waals surface area (Å²) < 4.78 is 0. The monoisotopic (exact) mass is 272 g/mol. The van der Waals surface area contributed by atoms with E-state index < -0.39 is 0 Å². The molecule has 1 fully saturated rings. The second kappa shape index (κ2) is 5.79. The number of carbonyl (C=O) groups is 1. The number of carbonyl (C=O) groups excluding carboxylic acids is 1. The van der Waals surface area contributed by atoms with Crippen molar-refractivity contribution >= 4 is 5.91 Å². The van der Waals surface area contributed by atoms with E-state index in [9.17, 15) is 4.79 Å². The Morgan fingerprint density at radius 3 is 2.90 bits per heavy atom. The van der Waals surface area contributed by atoms with Crippen LogP contribution in [-0.4, -0.2) is 50.6 Å². The Bertz CT molecular complexity index is 556. The molecule has 1 aromatic heterocycles. The summed E-state index contributed by atoms with van der Waals surface area (Å²) in [5, 5.41) is 17.0. The smallest absolute Gasteiger partial charge is 0.240 e. The lowest BCUT2D eigenvalue weighted by Gasteiger charge is -2.32. The standard InChI is InChI=1S/C13H16N6O/c20-13-11(8-10-4-2-1-3-5-10)14-6-7-19(13)9-12-15-17-18-16-12/h1-5,11,14H,6-9H2,(H,15,16,17,18)/t11-/m0/s1. The van der Waals surface area contributed by atoms with E-state index in [1.807, 2.05) is 30.3 Å². The van der Waals surface area contributed by atoms with Crippen LogP contribution in [0, 0.1) is 0 Å². The zero-order valence-electron chi connectivity index (χ0n) is 11.0. The van der Waals surface area contributed by atoms with Crippen LogP contribution in [0.5, 0.6) is 0 Å². The molecule has 2 aromatic rings. The minimum atomic E-state index is -0.182. The van der Waals surface area contributed by atoms with Crippen molar-refractivity contribution < 1.29 is 4.79 Å². The highest BCUT2D eigenvalue weighted by atomic mass is 16.2. The largest absolute Gasteiger partial charge is 0.332 e. The topological polar surface area (TPSA) is 86.8 Å². The molecule has 7 nitrogen and oxygen atoms in total. The third-order valence-electron chi connectivity index (χ3n) is 3.39. The molecule has 1 amide bonds. The highest BCUT2D eigenvalue weighted by molar-refractivity contribution is 5.82. The third kappa shape index (κ3) is 2.83. The Balaban J connectivity index is 1.66. The molecule has 1 aliphatic heterocycles. The molecule has 2 heterocycles. The van der Waals surface area contributed by atoms with Gasteiger partial charge in [0.15, 0.2) is 5.82 Å². The molecular weight excluding hydrogens is 256 g/mol. The van der Waals surface area contributed by atoms with Gasteiger partial charge in [0.2, 0.25) is 5.91 Å². The Labute approximate surface area is 116 Å². The number of amides is 1. The van der Waals surface area contributed by atoms with E-state index in [2.05, 4.69) is 25.9 Å². The zero-order valence-corrected chi connectivity index (χ0v) is 11.0. The molecule has 0 spiro atoms.